The van der Waals surface area contributed by atoms with Gasteiger partial charge < -0.3 is 4.79 Å². The smallest absolute Gasteiger partial charge is 0.126 e. The lowest BCUT2D eigenvalue weighted by Crippen LogP contribution is -2.29. The fourth-order valence-corrected chi connectivity index (χ4v) is 2.90. The number of hydrogen-bond donors (Lipinski definition) is 0. The van der Waals surface area contributed by atoms with Gasteiger partial charge in [0.05, 0.1) is 0 Å². The number of hydrogen-bond acceptors (Lipinski definition) is 1. The van der Waals surface area contributed by atoms with Gasteiger partial charge in [0.15, 0.2) is 0 Å². The highest BCUT2D eigenvalue weighted by Crippen LogP contribution is 2.52. The molecule has 3 rings (SSSR count). The standard InChI is InChI=1S/C11H18O/c1-10-3-2-4-11(9-12,7-5-10)8-6-10/h9H,2-8H2,1H3. The highest BCUT2D eigenvalue weighted by molar-refractivity contribution is 5.59. The number of carbonyl (C=O) groups excluding carboxylic acids is 1. The Bertz CT molecular complexity index is 187. The van der Waals surface area contributed by atoms with Crippen LogP contribution in [-0.4, -0.2) is 6.29 Å². The van der Waals surface area contributed by atoms with Gasteiger partial charge in [-0.05, 0) is 43.9 Å². The highest BCUT2D eigenvalue weighted by Gasteiger charge is 2.42. The molecule has 3 aliphatic carbocycles. The molecular formula is C11H18O. The van der Waals surface area contributed by atoms with E-state index in [1.54, 1.807) is 0 Å². The van der Waals surface area contributed by atoms with Crippen molar-refractivity contribution in [2.75, 3.05) is 0 Å². The Kier molecular flexibility index (Phi) is 1.78. The molecular weight excluding hydrogens is 148 g/mol. The van der Waals surface area contributed by atoms with E-state index in [-0.39, 0.29) is 5.41 Å². The van der Waals surface area contributed by atoms with E-state index < -0.39 is 0 Å². The molecule has 1 nitrogen and oxygen atoms in total. The quantitative estimate of drug-likeness (QED) is 0.547. The summed E-state index contributed by atoms with van der Waals surface area (Å²) >= 11 is 0. The van der Waals surface area contributed by atoms with Gasteiger partial charge in [0.25, 0.3) is 0 Å². The Morgan fingerprint density at radius 2 is 1.67 bits per heavy atom. The summed E-state index contributed by atoms with van der Waals surface area (Å²) in [5.74, 6) is 0. The predicted molar refractivity (Wildman–Crippen MR) is 48.9 cm³/mol. The average Bonchev–Trinajstić information content (AvgIpc) is 2.34. The van der Waals surface area contributed by atoms with Crippen LogP contribution in [0, 0.1) is 10.8 Å². The van der Waals surface area contributed by atoms with E-state index in [9.17, 15) is 4.79 Å². The van der Waals surface area contributed by atoms with Crippen LogP contribution in [0.3, 0.4) is 0 Å². The third kappa shape index (κ3) is 1.19. The molecule has 3 saturated carbocycles. The lowest BCUT2D eigenvalue weighted by molar-refractivity contribution is -0.118. The molecule has 68 valence electrons. The minimum absolute atomic E-state index is 0.107. The molecule has 0 radical (unpaired) electrons. The van der Waals surface area contributed by atoms with E-state index in [1.165, 1.54) is 32.0 Å². The molecule has 0 unspecified atom stereocenters. The van der Waals surface area contributed by atoms with Gasteiger partial charge in [-0.25, -0.2) is 0 Å². The number of aldehydes is 1. The third-order valence-corrected chi connectivity index (χ3v) is 4.16. The molecule has 0 heterocycles. The maximum atomic E-state index is 11.0. The minimum Gasteiger partial charge on any atom is -0.303 e. The molecule has 0 aromatic rings. The molecule has 0 aromatic heterocycles. The molecule has 3 aliphatic rings. The van der Waals surface area contributed by atoms with Crippen molar-refractivity contribution >= 4 is 6.29 Å². The molecule has 0 aromatic carbocycles. The molecule has 12 heavy (non-hydrogen) atoms. The molecule has 0 N–H and O–H groups in total. The maximum absolute atomic E-state index is 11.0. The maximum Gasteiger partial charge on any atom is 0.126 e. The summed E-state index contributed by atoms with van der Waals surface area (Å²) in [6.45, 7) is 2.40. The van der Waals surface area contributed by atoms with Crippen molar-refractivity contribution in [3.05, 3.63) is 0 Å². The van der Waals surface area contributed by atoms with Gasteiger partial charge in [-0.3, -0.25) is 0 Å². The van der Waals surface area contributed by atoms with Crippen LogP contribution < -0.4 is 0 Å². The SMILES string of the molecule is CC12CCCC(C=O)(CC1)CC2. The molecule has 0 spiro atoms. The fourth-order valence-electron chi connectivity index (χ4n) is 2.90. The Balaban J connectivity index is 2.20. The molecule has 1 heteroatoms. The summed E-state index contributed by atoms with van der Waals surface area (Å²) < 4.78 is 0. The monoisotopic (exact) mass is 166 g/mol. The first-order valence-corrected chi connectivity index (χ1v) is 5.15. The average molecular weight is 166 g/mol. The zero-order valence-corrected chi connectivity index (χ0v) is 7.94. The summed E-state index contributed by atoms with van der Waals surface area (Å²) in [5, 5.41) is 0. The van der Waals surface area contributed by atoms with E-state index >= 15 is 0 Å². The van der Waals surface area contributed by atoms with Gasteiger partial charge in [0.2, 0.25) is 0 Å². The van der Waals surface area contributed by atoms with Gasteiger partial charge in [0.1, 0.15) is 6.29 Å². The largest absolute Gasteiger partial charge is 0.303 e. The minimum atomic E-state index is 0.107. The zero-order chi connectivity index (χ0) is 8.66. The van der Waals surface area contributed by atoms with E-state index in [2.05, 4.69) is 6.92 Å². The van der Waals surface area contributed by atoms with Crippen LogP contribution in [0.2, 0.25) is 0 Å². The van der Waals surface area contributed by atoms with Crippen LogP contribution in [0.15, 0.2) is 0 Å². The Morgan fingerprint density at radius 1 is 1.00 bits per heavy atom. The first kappa shape index (κ1) is 8.28. The van der Waals surface area contributed by atoms with Crippen molar-refractivity contribution in [3.8, 4) is 0 Å². The molecule has 0 saturated heterocycles. The van der Waals surface area contributed by atoms with Crippen LogP contribution in [0.1, 0.15) is 51.9 Å². The summed E-state index contributed by atoms with van der Waals surface area (Å²) in [6, 6.07) is 0. The fraction of sp³-hybridized carbons (Fsp3) is 0.909. The van der Waals surface area contributed by atoms with Crippen molar-refractivity contribution < 1.29 is 4.79 Å². The number of fused-ring (bicyclic) bond motifs is 4. The lowest BCUT2D eigenvalue weighted by Gasteiger charge is -2.37. The topological polar surface area (TPSA) is 17.1 Å². The molecule has 0 amide bonds. The first-order valence-electron chi connectivity index (χ1n) is 5.15. The summed E-state index contributed by atoms with van der Waals surface area (Å²) in [4.78, 5) is 11.0. The van der Waals surface area contributed by atoms with Crippen LogP contribution in [0.25, 0.3) is 0 Å². The molecule has 3 fully saturated rings. The Labute approximate surface area is 74.5 Å². The van der Waals surface area contributed by atoms with E-state index in [1.807, 2.05) is 0 Å². The number of carbonyl (C=O) groups is 1. The normalized spacial score (nSPS) is 47.1. The first-order chi connectivity index (χ1) is 5.68. The molecule has 0 aliphatic heterocycles. The van der Waals surface area contributed by atoms with Crippen LogP contribution >= 0.6 is 0 Å². The van der Waals surface area contributed by atoms with Crippen LogP contribution in [-0.2, 0) is 4.79 Å². The van der Waals surface area contributed by atoms with Crippen molar-refractivity contribution in [1.29, 1.82) is 0 Å². The number of rotatable bonds is 1. The van der Waals surface area contributed by atoms with Crippen molar-refractivity contribution in [1.82, 2.24) is 0 Å². The van der Waals surface area contributed by atoms with E-state index in [4.69, 9.17) is 0 Å². The van der Waals surface area contributed by atoms with Gasteiger partial charge in [-0.15, -0.1) is 0 Å². The second-order valence-electron chi connectivity index (χ2n) is 5.14. The summed E-state index contributed by atoms with van der Waals surface area (Å²) in [6.07, 6.45) is 9.92. The van der Waals surface area contributed by atoms with Crippen LogP contribution in [0.4, 0.5) is 0 Å². The van der Waals surface area contributed by atoms with Gasteiger partial charge in [0, 0.05) is 5.41 Å². The van der Waals surface area contributed by atoms with Crippen molar-refractivity contribution in [3.63, 3.8) is 0 Å². The Hall–Kier alpha value is -0.330. The predicted octanol–water partition coefficient (Wildman–Crippen LogP) is 2.94. The third-order valence-electron chi connectivity index (χ3n) is 4.16. The lowest BCUT2D eigenvalue weighted by atomic mass is 9.67. The highest BCUT2D eigenvalue weighted by atomic mass is 16.1. The van der Waals surface area contributed by atoms with Crippen molar-refractivity contribution in [2.24, 2.45) is 10.8 Å². The van der Waals surface area contributed by atoms with Crippen molar-refractivity contribution in [2.45, 2.75) is 51.9 Å². The molecule has 0 atom stereocenters. The van der Waals surface area contributed by atoms with E-state index in [0.29, 0.717) is 5.41 Å². The van der Waals surface area contributed by atoms with Crippen LogP contribution in [0.5, 0.6) is 0 Å². The summed E-state index contributed by atoms with van der Waals surface area (Å²) in [7, 11) is 0. The van der Waals surface area contributed by atoms with Gasteiger partial charge in [-0.1, -0.05) is 13.3 Å². The molecule has 2 bridgehead atoms. The summed E-state index contributed by atoms with van der Waals surface area (Å²) in [5.41, 5.74) is 0.693. The van der Waals surface area contributed by atoms with Gasteiger partial charge >= 0.3 is 0 Å². The second-order valence-corrected chi connectivity index (χ2v) is 5.14. The van der Waals surface area contributed by atoms with Gasteiger partial charge in [-0.2, -0.15) is 0 Å². The zero-order valence-electron chi connectivity index (χ0n) is 7.94. The Morgan fingerprint density at radius 3 is 2.25 bits per heavy atom. The second kappa shape index (κ2) is 2.58. The van der Waals surface area contributed by atoms with E-state index in [0.717, 1.165) is 19.3 Å².